The van der Waals surface area contributed by atoms with Crippen LogP contribution in [0.3, 0.4) is 0 Å². The van der Waals surface area contributed by atoms with Crippen LogP contribution < -0.4 is 4.74 Å². The van der Waals surface area contributed by atoms with Gasteiger partial charge in [-0.05, 0) is 56.5 Å². The molecule has 1 aromatic carbocycles. The number of methoxy groups -OCH3 is 1. The van der Waals surface area contributed by atoms with Gasteiger partial charge >= 0.3 is 0 Å². The molecule has 140 valence electrons. The summed E-state index contributed by atoms with van der Waals surface area (Å²) in [6, 6.07) is 11.9. The molecule has 27 heavy (non-hydrogen) atoms. The van der Waals surface area contributed by atoms with Gasteiger partial charge in [-0.15, -0.1) is 11.8 Å². The van der Waals surface area contributed by atoms with E-state index in [0.29, 0.717) is 5.25 Å². The van der Waals surface area contributed by atoms with Crippen molar-refractivity contribution in [3.63, 3.8) is 0 Å². The first-order valence-corrected chi connectivity index (χ1v) is 9.71. The van der Waals surface area contributed by atoms with Crippen LogP contribution in [-0.4, -0.2) is 12.4 Å². The van der Waals surface area contributed by atoms with Gasteiger partial charge < -0.3 is 4.74 Å². The minimum absolute atomic E-state index is 0.118. The summed E-state index contributed by atoms with van der Waals surface area (Å²) in [7, 11) is 1.67. The van der Waals surface area contributed by atoms with Crippen molar-refractivity contribution in [2.45, 2.75) is 39.4 Å². The van der Waals surface area contributed by atoms with E-state index in [0.717, 1.165) is 17.7 Å². The number of allylic oxidation sites excluding steroid dienone is 6. The van der Waals surface area contributed by atoms with Gasteiger partial charge in [0.2, 0.25) is 0 Å². The molecule has 0 saturated carbocycles. The van der Waals surface area contributed by atoms with Crippen molar-refractivity contribution in [3.05, 3.63) is 70.9 Å². The molecule has 0 bridgehead atoms. The van der Waals surface area contributed by atoms with Crippen molar-refractivity contribution in [3.8, 4) is 17.9 Å². The molecule has 3 nitrogen and oxygen atoms in total. The summed E-state index contributed by atoms with van der Waals surface area (Å²) >= 11 is 1.84. The quantitative estimate of drug-likeness (QED) is 0.386. The van der Waals surface area contributed by atoms with Gasteiger partial charge in [0.1, 0.15) is 23.5 Å². The maximum absolute atomic E-state index is 8.85. The van der Waals surface area contributed by atoms with Crippen LogP contribution in [0.25, 0.3) is 4.91 Å². The lowest BCUT2D eigenvalue weighted by Crippen LogP contribution is -2.03. The summed E-state index contributed by atoms with van der Waals surface area (Å²) in [4.78, 5) is 1.23. The summed E-state index contributed by atoms with van der Waals surface area (Å²) in [6.07, 6.45) is 8.77. The molecule has 0 fully saturated rings. The minimum atomic E-state index is 0.118. The largest absolute Gasteiger partial charge is 0.497 e. The number of ether oxygens (including phenoxy) is 1. The Labute approximate surface area is 167 Å². The third-order valence-corrected chi connectivity index (χ3v) is 5.72. The molecule has 1 aromatic rings. The molecule has 0 amide bonds. The molecule has 0 spiro atoms. The Bertz CT molecular complexity index is 815. The molecule has 0 aliphatic rings. The molecule has 0 saturated heterocycles. The van der Waals surface area contributed by atoms with Crippen LogP contribution in [-0.2, 0) is 0 Å². The van der Waals surface area contributed by atoms with Crippen molar-refractivity contribution < 1.29 is 4.74 Å². The van der Waals surface area contributed by atoms with Gasteiger partial charge in [0.25, 0.3) is 0 Å². The van der Waals surface area contributed by atoms with Gasteiger partial charge in [-0.3, -0.25) is 0 Å². The van der Waals surface area contributed by atoms with Gasteiger partial charge in [0, 0.05) is 10.2 Å². The lowest BCUT2D eigenvalue weighted by Gasteiger charge is -2.18. The van der Waals surface area contributed by atoms with Crippen LogP contribution >= 0.6 is 11.8 Å². The first-order valence-electron chi connectivity index (χ1n) is 8.83. The zero-order valence-corrected chi connectivity index (χ0v) is 17.4. The smallest absolute Gasteiger partial charge is 0.129 e. The Morgan fingerprint density at radius 1 is 1.15 bits per heavy atom. The Hall–Kier alpha value is -2.69. The highest BCUT2D eigenvalue weighted by Gasteiger charge is 2.13. The molecular formula is C23H26N2OS. The maximum atomic E-state index is 8.85. The van der Waals surface area contributed by atoms with Gasteiger partial charge in [0.15, 0.2) is 0 Å². The fourth-order valence-electron chi connectivity index (χ4n) is 2.45. The van der Waals surface area contributed by atoms with Crippen molar-refractivity contribution >= 4 is 16.7 Å². The topological polar surface area (TPSA) is 56.8 Å². The number of hydrogen-bond acceptors (Lipinski definition) is 4. The molecular weight excluding hydrogens is 352 g/mol. The highest BCUT2D eigenvalue weighted by molar-refractivity contribution is 8.09. The predicted molar refractivity (Wildman–Crippen MR) is 115 cm³/mol. The van der Waals surface area contributed by atoms with E-state index in [1.54, 1.807) is 13.2 Å². The summed E-state index contributed by atoms with van der Waals surface area (Å²) in [5, 5.41) is 18.0. The minimum Gasteiger partial charge on any atom is -0.497 e. The van der Waals surface area contributed by atoms with E-state index in [1.807, 2.05) is 49.0 Å². The zero-order chi connectivity index (χ0) is 20.2. The molecule has 1 rings (SSSR count). The van der Waals surface area contributed by atoms with E-state index < -0.39 is 0 Å². The van der Waals surface area contributed by atoms with E-state index in [1.165, 1.54) is 16.0 Å². The Kier molecular flexibility index (Phi) is 9.80. The Morgan fingerprint density at radius 3 is 2.26 bits per heavy atom. The second-order valence-electron chi connectivity index (χ2n) is 6.00. The highest BCUT2D eigenvalue weighted by Crippen LogP contribution is 2.36. The zero-order valence-electron chi connectivity index (χ0n) is 16.6. The number of thioether (sulfide) groups is 1. The van der Waals surface area contributed by atoms with Gasteiger partial charge in [-0.25, -0.2) is 0 Å². The summed E-state index contributed by atoms with van der Waals surface area (Å²) < 4.78 is 5.23. The lowest BCUT2D eigenvalue weighted by molar-refractivity contribution is 0.415. The average molecular weight is 379 g/mol. The number of nitriles is 2. The van der Waals surface area contributed by atoms with Crippen LogP contribution in [0.1, 0.15) is 39.7 Å². The third-order valence-electron chi connectivity index (χ3n) is 4.01. The number of nitrogens with zero attached hydrogens (tertiary/aromatic N) is 2. The van der Waals surface area contributed by atoms with Crippen molar-refractivity contribution in [2.75, 3.05) is 7.11 Å². The SMILES string of the molecule is C/C=C(\SC(CC)/C(C)=C/C=C(\C)C=C(C#N)C#N)c1ccc(OC)cc1. The monoisotopic (exact) mass is 378 g/mol. The normalized spacial score (nSPS) is 13.4. The van der Waals surface area contributed by atoms with Crippen molar-refractivity contribution in [1.82, 2.24) is 0 Å². The standard InChI is InChI=1S/C23H26N2OS/c1-6-22(18(4)9-8-17(3)14-19(15-24)16-25)27-23(7-2)20-10-12-21(26-5)13-11-20/h7-14,22H,6H2,1-5H3/b17-8+,18-9+,23-7-. The van der Waals surface area contributed by atoms with Crippen LogP contribution in [0.5, 0.6) is 5.75 Å². The maximum Gasteiger partial charge on any atom is 0.129 e. The number of hydrogen-bond donors (Lipinski definition) is 0. The van der Waals surface area contributed by atoms with Crippen LogP contribution in [0.2, 0.25) is 0 Å². The van der Waals surface area contributed by atoms with Crippen LogP contribution in [0.15, 0.2) is 65.3 Å². The Morgan fingerprint density at radius 2 is 1.78 bits per heavy atom. The van der Waals surface area contributed by atoms with Gasteiger partial charge in [-0.2, -0.15) is 10.5 Å². The molecule has 0 heterocycles. The van der Waals surface area contributed by atoms with Crippen LogP contribution in [0.4, 0.5) is 0 Å². The third kappa shape index (κ3) is 7.21. The predicted octanol–water partition coefficient (Wildman–Crippen LogP) is 6.43. The van der Waals surface area contributed by atoms with E-state index >= 15 is 0 Å². The van der Waals surface area contributed by atoms with Crippen LogP contribution in [0, 0.1) is 22.7 Å². The average Bonchev–Trinajstić information content (AvgIpc) is 2.71. The molecule has 4 heteroatoms. The molecule has 1 atom stereocenters. The number of benzene rings is 1. The number of rotatable bonds is 8. The van der Waals surface area contributed by atoms with Crippen molar-refractivity contribution in [1.29, 1.82) is 10.5 Å². The summed E-state index contributed by atoms with van der Waals surface area (Å²) in [5.41, 5.74) is 3.43. The molecule has 0 N–H and O–H groups in total. The molecule has 0 aliphatic carbocycles. The lowest BCUT2D eigenvalue weighted by atomic mass is 10.1. The second-order valence-corrected chi connectivity index (χ2v) is 7.24. The van der Waals surface area contributed by atoms with Gasteiger partial charge in [0.05, 0.1) is 7.11 Å². The second kappa shape index (κ2) is 11.8. The first-order chi connectivity index (χ1) is 13.0. The fraction of sp³-hybridized carbons (Fsp3) is 0.304. The van der Waals surface area contributed by atoms with Crippen molar-refractivity contribution in [2.24, 2.45) is 0 Å². The molecule has 0 aromatic heterocycles. The first kappa shape index (κ1) is 22.4. The molecule has 1 unspecified atom stereocenters. The van der Waals surface area contributed by atoms with E-state index in [2.05, 4.69) is 45.1 Å². The Balaban J connectivity index is 2.96. The van der Waals surface area contributed by atoms with E-state index in [-0.39, 0.29) is 5.57 Å². The summed E-state index contributed by atoms with van der Waals surface area (Å²) in [6.45, 7) is 8.24. The highest BCUT2D eigenvalue weighted by atomic mass is 32.2. The summed E-state index contributed by atoms with van der Waals surface area (Å²) in [5.74, 6) is 0.852. The molecule has 0 radical (unpaired) electrons. The van der Waals surface area contributed by atoms with Gasteiger partial charge in [-0.1, -0.05) is 42.9 Å². The molecule has 0 aliphatic heterocycles. The van der Waals surface area contributed by atoms with E-state index in [9.17, 15) is 0 Å². The fourth-order valence-corrected chi connectivity index (χ4v) is 3.59. The van der Waals surface area contributed by atoms with E-state index in [4.69, 9.17) is 15.3 Å².